The van der Waals surface area contributed by atoms with Gasteiger partial charge >= 0.3 is 0 Å². The molecule has 2 aromatic carbocycles. The summed E-state index contributed by atoms with van der Waals surface area (Å²) < 4.78 is 26.8. The average Bonchev–Trinajstić information content (AvgIpc) is 2.57. The van der Waals surface area contributed by atoms with E-state index < -0.39 is 22.5 Å². The van der Waals surface area contributed by atoms with Crippen molar-refractivity contribution >= 4 is 39.1 Å². The fourth-order valence-corrected chi connectivity index (χ4v) is 4.15. The van der Waals surface area contributed by atoms with E-state index in [4.69, 9.17) is 29.0 Å². The van der Waals surface area contributed by atoms with Crippen LogP contribution >= 0.6 is 23.2 Å². The number of nitrogens with zero attached hydrogens (tertiary/aromatic N) is 1. The van der Waals surface area contributed by atoms with Crippen LogP contribution < -0.4 is 11.3 Å². The Labute approximate surface area is 150 Å². The molecule has 0 aromatic heterocycles. The number of hydrogen-bond acceptors (Lipinski definition) is 4. The first-order chi connectivity index (χ1) is 11.3. The predicted octanol–water partition coefficient (Wildman–Crippen LogP) is 2.17. The molecule has 2 rings (SSSR count). The van der Waals surface area contributed by atoms with Crippen LogP contribution in [-0.4, -0.2) is 25.2 Å². The summed E-state index contributed by atoms with van der Waals surface area (Å²) in [6.45, 7) is -0.462. The van der Waals surface area contributed by atoms with Crippen LogP contribution in [0.3, 0.4) is 0 Å². The average molecular weight is 388 g/mol. The number of nitrogens with one attached hydrogen (secondary N) is 1. The highest BCUT2D eigenvalue weighted by Crippen LogP contribution is 2.28. The van der Waals surface area contributed by atoms with Crippen molar-refractivity contribution in [3.05, 3.63) is 64.1 Å². The minimum Gasteiger partial charge on any atom is -0.293 e. The van der Waals surface area contributed by atoms with Crippen LogP contribution in [0, 0.1) is 0 Å². The third-order valence-electron chi connectivity index (χ3n) is 3.19. The molecule has 0 fully saturated rings. The maximum Gasteiger partial charge on any atom is 0.249 e. The van der Waals surface area contributed by atoms with Crippen LogP contribution in [-0.2, 0) is 21.4 Å². The fraction of sp³-hybridized carbons (Fsp3) is 0.133. The number of halogens is 2. The molecule has 0 heterocycles. The normalized spacial score (nSPS) is 11.5. The molecule has 0 saturated heterocycles. The summed E-state index contributed by atoms with van der Waals surface area (Å²) in [5.41, 5.74) is 2.64. The second-order valence-electron chi connectivity index (χ2n) is 4.90. The SMILES string of the molecule is NNC(=O)CN(Cc1ccccc1)S(=O)(=O)c1cc(Cl)ccc1Cl. The summed E-state index contributed by atoms with van der Waals surface area (Å²) in [5.74, 6) is 4.44. The van der Waals surface area contributed by atoms with Crippen LogP contribution in [0.2, 0.25) is 10.0 Å². The van der Waals surface area contributed by atoms with E-state index in [1.807, 2.05) is 11.5 Å². The van der Waals surface area contributed by atoms with Crippen molar-refractivity contribution in [2.75, 3.05) is 6.54 Å². The van der Waals surface area contributed by atoms with Gasteiger partial charge in [0.2, 0.25) is 15.9 Å². The van der Waals surface area contributed by atoms with Crippen LogP contribution in [0.1, 0.15) is 5.56 Å². The van der Waals surface area contributed by atoms with Gasteiger partial charge in [-0.25, -0.2) is 14.3 Å². The highest BCUT2D eigenvalue weighted by atomic mass is 35.5. The van der Waals surface area contributed by atoms with Gasteiger partial charge in [0.25, 0.3) is 0 Å². The minimum absolute atomic E-state index is 0.0144. The molecule has 24 heavy (non-hydrogen) atoms. The molecule has 0 aliphatic heterocycles. The van der Waals surface area contributed by atoms with Crippen LogP contribution in [0.15, 0.2) is 53.4 Å². The molecule has 1 amide bonds. The van der Waals surface area contributed by atoms with Gasteiger partial charge in [-0.15, -0.1) is 0 Å². The second-order valence-corrected chi connectivity index (χ2v) is 7.65. The van der Waals surface area contributed by atoms with E-state index in [0.29, 0.717) is 5.56 Å². The maximum absolute atomic E-state index is 12.9. The van der Waals surface area contributed by atoms with Gasteiger partial charge in [0, 0.05) is 11.6 Å². The molecule has 0 unspecified atom stereocenters. The molecule has 0 saturated carbocycles. The Morgan fingerprint density at radius 1 is 1.12 bits per heavy atom. The predicted molar refractivity (Wildman–Crippen MR) is 92.8 cm³/mol. The zero-order chi connectivity index (χ0) is 17.7. The highest BCUT2D eigenvalue weighted by molar-refractivity contribution is 7.89. The standard InChI is InChI=1S/C15H15Cl2N3O3S/c16-12-6-7-13(17)14(8-12)24(22,23)20(10-15(21)19-18)9-11-4-2-1-3-5-11/h1-8H,9-10,18H2,(H,19,21). The van der Waals surface area contributed by atoms with E-state index in [-0.39, 0.29) is 21.5 Å². The van der Waals surface area contributed by atoms with Crippen LogP contribution in [0.25, 0.3) is 0 Å². The van der Waals surface area contributed by atoms with Crippen molar-refractivity contribution in [1.82, 2.24) is 9.73 Å². The number of amides is 1. The zero-order valence-corrected chi connectivity index (χ0v) is 14.8. The maximum atomic E-state index is 12.9. The highest BCUT2D eigenvalue weighted by Gasteiger charge is 2.29. The van der Waals surface area contributed by atoms with Gasteiger partial charge < -0.3 is 0 Å². The first-order valence-corrected chi connectivity index (χ1v) is 9.03. The van der Waals surface area contributed by atoms with E-state index in [1.165, 1.54) is 18.2 Å². The lowest BCUT2D eigenvalue weighted by Crippen LogP contribution is -2.42. The topological polar surface area (TPSA) is 92.5 Å². The summed E-state index contributed by atoms with van der Waals surface area (Å²) in [7, 11) is -4.06. The number of rotatable bonds is 6. The number of hydrogen-bond donors (Lipinski definition) is 2. The molecule has 6 nitrogen and oxygen atoms in total. The zero-order valence-electron chi connectivity index (χ0n) is 12.4. The van der Waals surface area contributed by atoms with Gasteiger partial charge in [-0.05, 0) is 23.8 Å². The van der Waals surface area contributed by atoms with Crippen LogP contribution in [0.4, 0.5) is 0 Å². The largest absolute Gasteiger partial charge is 0.293 e. The van der Waals surface area contributed by atoms with Crippen LogP contribution in [0.5, 0.6) is 0 Å². The van der Waals surface area contributed by atoms with E-state index in [2.05, 4.69) is 0 Å². The fourth-order valence-electron chi connectivity index (χ4n) is 2.03. The lowest BCUT2D eigenvalue weighted by atomic mass is 10.2. The Kier molecular flexibility index (Phi) is 6.20. The number of benzene rings is 2. The van der Waals surface area contributed by atoms with Gasteiger partial charge in [-0.3, -0.25) is 10.2 Å². The number of sulfonamides is 1. The molecule has 128 valence electrons. The van der Waals surface area contributed by atoms with E-state index in [0.717, 1.165) is 4.31 Å². The molecule has 9 heteroatoms. The first-order valence-electron chi connectivity index (χ1n) is 6.83. The molecule has 0 aliphatic carbocycles. The molecule has 0 spiro atoms. The van der Waals surface area contributed by atoms with Crippen molar-refractivity contribution in [2.24, 2.45) is 5.84 Å². The Morgan fingerprint density at radius 3 is 2.42 bits per heavy atom. The summed E-state index contributed by atoms with van der Waals surface area (Å²) in [6, 6.07) is 13.0. The molecule has 3 N–H and O–H groups in total. The molecule has 0 atom stereocenters. The monoisotopic (exact) mass is 387 g/mol. The minimum atomic E-state index is -4.06. The number of nitrogens with two attached hydrogens (primary N) is 1. The molecule has 2 aromatic rings. The number of hydrazine groups is 1. The van der Waals surface area contributed by atoms with Crippen molar-refractivity contribution in [3.63, 3.8) is 0 Å². The quantitative estimate of drug-likeness (QED) is 0.451. The van der Waals surface area contributed by atoms with Crippen molar-refractivity contribution < 1.29 is 13.2 Å². The van der Waals surface area contributed by atoms with E-state index in [1.54, 1.807) is 24.3 Å². The second kappa shape index (κ2) is 7.96. The molecule has 0 bridgehead atoms. The first kappa shape index (κ1) is 18.7. The van der Waals surface area contributed by atoms with Gasteiger partial charge in [0.1, 0.15) is 4.90 Å². The lowest BCUT2D eigenvalue weighted by molar-refractivity contribution is -0.121. The van der Waals surface area contributed by atoms with Crippen molar-refractivity contribution in [1.29, 1.82) is 0 Å². The molecule has 0 aliphatic rings. The Morgan fingerprint density at radius 2 is 1.79 bits per heavy atom. The lowest BCUT2D eigenvalue weighted by Gasteiger charge is -2.22. The molecular weight excluding hydrogens is 373 g/mol. The Balaban J connectivity index is 2.44. The number of carbonyl (C=O) groups is 1. The molecular formula is C15H15Cl2N3O3S. The smallest absolute Gasteiger partial charge is 0.249 e. The van der Waals surface area contributed by atoms with Gasteiger partial charge in [-0.2, -0.15) is 4.31 Å². The number of carbonyl (C=O) groups excluding carboxylic acids is 1. The van der Waals surface area contributed by atoms with Gasteiger partial charge in [0.15, 0.2) is 0 Å². The Bertz CT molecular complexity index is 829. The van der Waals surface area contributed by atoms with Crippen molar-refractivity contribution in [2.45, 2.75) is 11.4 Å². The van der Waals surface area contributed by atoms with Crippen molar-refractivity contribution in [3.8, 4) is 0 Å². The van der Waals surface area contributed by atoms with Gasteiger partial charge in [-0.1, -0.05) is 53.5 Å². The third-order valence-corrected chi connectivity index (χ3v) is 5.70. The summed E-state index contributed by atoms with van der Waals surface area (Å²) >= 11 is 11.9. The van der Waals surface area contributed by atoms with E-state index in [9.17, 15) is 13.2 Å². The van der Waals surface area contributed by atoms with E-state index >= 15 is 0 Å². The third kappa shape index (κ3) is 4.46. The Hall–Kier alpha value is -1.64. The summed E-state index contributed by atoms with van der Waals surface area (Å²) in [4.78, 5) is 11.5. The van der Waals surface area contributed by atoms with Gasteiger partial charge in [0.05, 0.1) is 11.6 Å². The molecule has 0 radical (unpaired) electrons. The summed E-state index contributed by atoms with van der Waals surface area (Å²) in [5, 5.41) is 0.242. The summed E-state index contributed by atoms with van der Waals surface area (Å²) in [6.07, 6.45) is 0.